The number of nitrogens with two attached hydrogens (primary N) is 1. The molecule has 104 valence electrons. The van der Waals surface area contributed by atoms with Gasteiger partial charge in [0.2, 0.25) is 0 Å². The maximum absolute atomic E-state index is 13.6. The van der Waals surface area contributed by atoms with Gasteiger partial charge in [0.1, 0.15) is 11.6 Å². The first-order valence-electron chi connectivity index (χ1n) is 5.56. The molecule has 0 radical (unpaired) electrons. The van der Waals surface area contributed by atoms with Crippen LogP contribution >= 0.6 is 0 Å². The second-order valence-electron chi connectivity index (χ2n) is 4.26. The van der Waals surface area contributed by atoms with Crippen LogP contribution in [0.1, 0.15) is 21.5 Å². The highest BCUT2D eigenvalue weighted by atomic mass is 19.2. The molecule has 0 fully saturated rings. The van der Waals surface area contributed by atoms with Crippen LogP contribution in [0.3, 0.4) is 0 Å². The van der Waals surface area contributed by atoms with Gasteiger partial charge in [-0.15, -0.1) is 0 Å². The third-order valence-corrected chi connectivity index (χ3v) is 2.83. The molecule has 2 nitrogen and oxygen atoms in total. The Hall–Kier alpha value is -2.37. The Labute approximate surface area is 111 Å². The Kier molecular flexibility index (Phi) is 3.48. The lowest BCUT2D eigenvalue weighted by molar-refractivity contribution is 0.103. The van der Waals surface area contributed by atoms with E-state index in [4.69, 9.17) is 5.73 Å². The van der Waals surface area contributed by atoms with E-state index in [0.29, 0.717) is 18.2 Å². The Balaban J connectivity index is 2.57. The molecule has 2 aromatic carbocycles. The summed E-state index contributed by atoms with van der Waals surface area (Å²) >= 11 is 0. The molecule has 0 saturated carbocycles. The van der Waals surface area contributed by atoms with E-state index < -0.39 is 34.6 Å². The smallest absolute Gasteiger partial charge is 0.198 e. The van der Waals surface area contributed by atoms with E-state index in [1.165, 1.54) is 6.92 Å². The van der Waals surface area contributed by atoms with Crippen LogP contribution in [0.2, 0.25) is 0 Å². The summed E-state index contributed by atoms with van der Waals surface area (Å²) in [6.07, 6.45) is 0. The van der Waals surface area contributed by atoms with Crippen LogP contribution in [0.5, 0.6) is 0 Å². The number of hydrogen-bond donors (Lipinski definition) is 1. The van der Waals surface area contributed by atoms with Crippen molar-refractivity contribution in [2.24, 2.45) is 0 Å². The second kappa shape index (κ2) is 4.96. The number of benzene rings is 2. The molecule has 0 spiro atoms. The summed E-state index contributed by atoms with van der Waals surface area (Å²) in [5, 5.41) is 0. The molecule has 20 heavy (non-hydrogen) atoms. The first-order valence-corrected chi connectivity index (χ1v) is 5.56. The van der Waals surface area contributed by atoms with Crippen LogP contribution in [0.4, 0.5) is 23.2 Å². The highest BCUT2D eigenvalue weighted by Gasteiger charge is 2.20. The number of anilines is 1. The number of ketones is 1. The fourth-order valence-electron chi connectivity index (χ4n) is 1.74. The van der Waals surface area contributed by atoms with Crippen LogP contribution in [0.15, 0.2) is 24.3 Å². The molecule has 0 bridgehead atoms. The lowest BCUT2D eigenvalue weighted by atomic mass is 9.99. The van der Waals surface area contributed by atoms with Crippen molar-refractivity contribution in [3.63, 3.8) is 0 Å². The predicted molar refractivity (Wildman–Crippen MR) is 65.3 cm³/mol. The Morgan fingerprint density at radius 2 is 1.45 bits per heavy atom. The Morgan fingerprint density at radius 1 is 0.850 bits per heavy atom. The highest BCUT2D eigenvalue weighted by Crippen LogP contribution is 2.23. The minimum Gasteiger partial charge on any atom is -0.398 e. The maximum atomic E-state index is 13.6. The molecular weight excluding hydrogens is 274 g/mol. The average Bonchev–Trinajstić information content (AvgIpc) is 2.37. The van der Waals surface area contributed by atoms with Crippen molar-refractivity contribution in [2.75, 3.05) is 5.73 Å². The summed E-state index contributed by atoms with van der Waals surface area (Å²) < 4.78 is 52.8. The lowest BCUT2D eigenvalue weighted by Gasteiger charge is -2.08. The Morgan fingerprint density at radius 3 is 2.10 bits per heavy atom. The van der Waals surface area contributed by atoms with Gasteiger partial charge < -0.3 is 5.73 Å². The quantitative estimate of drug-likeness (QED) is 0.521. The van der Waals surface area contributed by atoms with Gasteiger partial charge in [-0.1, -0.05) is 0 Å². The van der Waals surface area contributed by atoms with Crippen molar-refractivity contribution < 1.29 is 22.4 Å². The second-order valence-corrected chi connectivity index (χ2v) is 4.26. The number of nitrogen functional groups attached to an aromatic ring is 1. The van der Waals surface area contributed by atoms with E-state index in [-0.39, 0.29) is 16.8 Å². The van der Waals surface area contributed by atoms with Gasteiger partial charge in [-0.05, 0) is 24.6 Å². The van der Waals surface area contributed by atoms with Crippen LogP contribution in [0.25, 0.3) is 0 Å². The minimum absolute atomic E-state index is 0.0518. The molecule has 0 unspecified atom stereocenters. The van der Waals surface area contributed by atoms with Crippen molar-refractivity contribution in [1.82, 2.24) is 0 Å². The fraction of sp³-hybridized carbons (Fsp3) is 0.0714. The number of carbonyl (C=O) groups excluding carboxylic acids is 1. The molecule has 2 N–H and O–H groups in total. The van der Waals surface area contributed by atoms with Crippen LogP contribution in [-0.4, -0.2) is 5.78 Å². The van der Waals surface area contributed by atoms with E-state index in [2.05, 4.69) is 0 Å². The van der Waals surface area contributed by atoms with Crippen LogP contribution in [0, 0.1) is 30.2 Å². The van der Waals surface area contributed by atoms with Crippen molar-refractivity contribution in [2.45, 2.75) is 6.92 Å². The standard InChI is InChI=1S/C14H9F4NO/c1-6-2-7(10(16)4-9(6)15)14(20)8-3-11(17)12(18)5-13(8)19/h2-5H,19H2,1H3. The fourth-order valence-corrected chi connectivity index (χ4v) is 1.74. The van der Waals surface area contributed by atoms with Gasteiger partial charge in [0, 0.05) is 23.4 Å². The minimum atomic E-state index is -1.28. The zero-order chi connectivity index (χ0) is 15.0. The topological polar surface area (TPSA) is 43.1 Å². The molecule has 0 aliphatic rings. The van der Waals surface area contributed by atoms with Gasteiger partial charge in [-0.2, -0.15) is 0 Å². The molecule has 0 aromatic heterocycles. The SMILES string of the molecule is Cc1cc(C(=O)c2cc(F)c(F)cc2N)c(F)cc1F. The van der Waals surface area contributed by atoms with Gasteiger partial charge in [0.05, 0.1) is 5.56 Å². The molecule has 2 rings (SSSR count). The van der Waals surface area contributed by atoms with E-state index >= 15 is 0 Å². The number of hydrogen-bond acceptors (Lipinski definition) is 2. The normalized spacial score (nSPS) is 10.7. The molecule has 6 heteroatoms. The summed E-state index contributed by atoms with van der Waals surface area (Å²) in [4.78, 5) is 12.1. The van der Waals surface area contributed by atoms with E-state index in [1.807, 2.05) is 0 Å². The zero-order valence-corrected chi connectivity index (χ0v) is 10.3. The number of carbonyl (C=O) groups is 1. The molecule has 0 aliphatic carbocycles. The maximum Gasteiger partial charge on any atom is 0.198 e. The molecule has 0 saturated heterocycles. The largest absolute Gasteiger partial charge is 0.398 e. The molecule has 0 aliphatic heterocycles. The summed E-state index contributed by atoms with van der Waals surface area (Å²) in [6, 6.07) is 2.77. The molecule has 2 aromatic rings. The van der Waals surface area contributed by atoms with Crippen molar-refractivity contribution in [1.29, 1.82) is 0 Å². The molecular formula is C14H9F4NO. The van der Waals surface area contributed by atoms with Gasteiger partial charge in [-0.3, -0.25) is 4.79 Å². The summed E-state index contributed by atoms with van der Waals surface area (Å²) in [7, 11) is 0. The van der Waals surface area contributed by atoms with Gasteiger partial charge in [-0.25, -0.2) is 17.6 Å². The van der Waals surface area contributed by atoms with Gasteiger partial charge >= 0.3 is 0 Å². The van der Waals surface area contributed by atoms with Crippen molar-refractivity contribution in [3.05, 3.63) is 64.2 Å². The Bertz CT molecular complexity index is 653. The average molecular weight is 283 g/mol. The summed E-state index contributed by atoms with van der Waals surface area (Å²) in [5.74, 6) is -5.34. The first kappa shape index (κ1) is 14.0. The summed E-state index contributed by atoms with van der Waals surface area (Å²) in [6.45, 7) is 1.35. The molecule has 0 heterocycles. The first-order chi connectivity index (χ1) is 9.31. The number of halogens is 4. The third-order valence-electron chi connectivity index (χ3n) is 2.83. The van der Waals surface area contributed by atoms with Gasteiger partial charge in [0.25, 0.3) is 0 Å². The monoisotopic (exact) mass is 283 g/mol. The predicted octanol–water partition coefficient (Wildman–Crippen LogP) is 3.36. The van der Waals surface area contributed by atoms with E-state index in [9.17, 15) is 22.4 Å². The number of rotatable bonds is 2. The van der Waals surface area contributed by atoms with Gasteiger partial charge in [0.15, 0.2) is 17.4 Å². The molecule has 0 atom stereocenters. The third kappa shape index (κ3) is 2.36. The van der Waals surface area contributed by atoms with Crippen molar-refractivity contribution in [3.8, 4) is 0 Å². The summed E-state index contributed by atoms with van der Waals surface area (Å²) in [5.41, 5.74) is 4.31. The van der Waals surface area contributed by atoms with E-state index in [1.54, 1.807) is 0 Å². The zero-order valence-electron chi connectivity index (χ0n) is 10.3. The number of aryl methyl sites for hydroxylation is 1. The van der Waals surface area contributed by atoms with Crippen LogP contribution < -0.4 is 5.73 Å². The lowest BCUT2D eigenvalue weighted by Crippen LogP contribution is -2.10. The van der Waals surface area contributed by atoms with Crippen molar-refractivity contribution >= 4 is 11.5 Å². The van der Waals surface area contributed by atoms with Crippen LogP contribution in [-0.2, 0) is 0 Å². The van der Waals surface area contributed by atoms with E-state index in [0.717, 1.165) is 6.07 Å². The highest BCUT2D eigenvalue weighted by molar-refractivity contribution is 6.12. The molecule has 0 amide bonds.